The molecule has 1 aromatic carbocycles. The van der Waals surface area contributed by atoms with Gasteiger partial charge in [-0.25, -0.2) is 4.98 Å². The van der Waals surface area contributed by atoms with E-state index in [0.717, 1.165) is 11.1 Å². The molecule has 0 bridgehead atoms. The molecule has 88 valence electrons. The minimum absolute atomic E-state index is 0.237. The Morgan fingerprint density at radius 2 is 1.88 bits per heavy atom. The highest BCUT2D eigenvalue weighted by Gasteiger charge is 2.15. The zero-order chi connectivity index (χ0) is 12.3. The van der Waals surface area contributed by atoms with E-state index in [-0.39, 0.29) is 5.38 Å². The van der Waals surface area contributed by atoms with Crippen molar-refractivity contribution in [3.63, 3.8) is 0 Å². The van der Waals surface area contributed by atoms with Gasteiger partial charge in [0.1, 0.15) is 0 Å². The van der Waals surface area contributed by atoms with Crippen molar-refractivity contribution in [2.24, 2.45) is 0 Å². The van der Waals surface area contributed by atoms with Crippen LogP contribution in [0.1, 0.15) is 22.1 Å². The smallest absolute Gasteiger partial charge is 0.218 e. The molecule has 0 saturated heterocycles. The molecule has 2 aromatic rings. The lowest BCUT2D eigenvalue weighted by Gasteiger charge is -2.13. The molecule has 1 aromatic heterocycles. The minimum Gasteiger partial charge on any atom is -0.481 e. The number of nitrogens with zero attached hydrogens (tertiary/aromatic N) is 1. The van der Waals surface area contributed by atoms with Crippen LogP contribution in [0, 0.1) is 6.92 Å². The Hall–Kier alpha value is -1.54. The second kappa shape index (κ2) is 5.19. The number of ether oxygens (including phenoxy) is 1. The molecule has 1 atom stereocenters. The van der Waals surface area contributed by atoms with E-state index in [2.05, 4.69) is 11.9 Å². The van der Waals surface area contributed by atoms with E-state index in [1.165, 1.54) is 5.56 Å². The normalized spacial score (nSPS) is 12.2. The molecule has 0 aliphatic rings. The van der Waals surface area contributed by atoms with Gasteiger partial charge >= 0.3 is 0 Å². The second-order valence-corrected chi connectivity index (χ2v) is 4.31. The van der Waals surface area contributed by atoms with E-state index < -0.39 is 0 Å². The van der Waals surface area contributed by atoms with E-state index in [1.54, 1.807) is 13.3 Å². The van der Waals surface area contributed by atoms with Crippen LogP contribution in [0.2, 0.25) is 0 Å². The van der Waals surface area contributed by atoms with Crippen LogP contribution in [0.15, 0.2) is 42.6 Å². The summed E-state index contributed by atoms with van der Waals surface area (Å²) in [7, 11) is 1.60. The summed E-state index contributed by atoms with van der Waals surface area (Å²) in [5.74, 6) is 0.577. The van der Waals surface area contributed by atoms with Gasteiger partial charge in [-0.15, -0.1) is 11.6 Å². The molecule has 1 unspecified atom stereocenters. The third-order valence-corrected chi connectivity index (χ3v) is 3.12. The number of aryl methyl sites for hydroxylation is 1. The maximum Gasteiger partial charge on any atom is 0.218 e. The Balaban J connectivity index is 2.36. The summed E-state index contributed by atoms with van der Waals surface area (Å²) in [5.41, 5.74) is 3.15. The van der Waals surface area contributed by atoms with Crippen LogP contribution in [0.25, 0.3) is 0 Å². The molecule has 1 heterocycles. The third kappa shape index (κ3) is 2.59. The summed E-state index contributed by atoms with van der Waals surface area (Å²) in [6.07, 6.45) is 1.70. The van der Waals surface area contributed by atoms with Crippen LogP contribution >= 0.6 is 11.6 Å². The SMILES string of the molecule is COc1ncccc1C(Cl)c1ccc(C)cc1. The highest BCUT2D eigenvalue weighted by molar-refractivity contribution is 6.22. The molecule has 0 N–H and O–H groups in total. The summed E-state index contributed by atoms with van der Waals surface area (Å²) in [5, 5.41) is -0.237. The van der Waals surface area contributed by atoms with E-state index in [1.807, 2.05) is 36.4 Å². The van der Waals surface area contributed by atoms with Crippen LogP contribution in [-0.2, 0) is 0 Å². The van der Waals surface area contributed by atoms with Gasteiger partial charge in [-0.1, -0.05) is 35.9 Å². The number of rotatable bonds is 3. The molecule has 0 aliphatic heterocycles. The fourth-order valence-electron chi connectivity index (χ4n) is 1.68. The number of aromatic nitrogens is 1. The minimum atomic E-state index is -0.237. The molecule has 0 aliphatic carbocycles. The first kappa shape index (κ1) is 11.9. The van der Waals surface area contributed by atoms with E-state index >= 15 is 0 Å². The Kier molecular flexibility index (Phi) is 3.64. The van der Waals surface area contributed by atoms with Gasteiger partial charge in [-0.3, -0.25) is 0 Å². The molecule has 0 spiro atoms. The number of methoxy groups -OCH3 is 1. The number of benzene rings is 1. The lowest BCUT2D eigenvalue weighted by molar-refractivity contribution is 0.393. The Morgan fingerprint density at radius 1 is 1.18 bits per heavy atom. The number of alkyl halides is 1. The zero-order valence-electron chi connectivity index (χ0n) is 9.85. The Labute approximate surface area is 106 Å². The highest BCUT2D eigenvalue weighted by Crippen LogP contribution is 2.33. The molecule has 0 saturated carbocycles. The van der Waals surface area contributed by atoms with Crippen molar-refractivity contribution in [1.29, 1.82) is 0 Å². The lowest BCUT2D eigenvalue weighted by atomic mass is 10.0. The number of hydrogen-bond acceptors (Lipinski definition) is 2. The first-order valence-corrected chi connectivity index (χ1v) is 5.85. The van der Waals surface area contributed by atoms with Crippen LogP contribution in [0.5, 0.6) is 5.88 Å². The van der Waals surface area contributed by atoms with Gasteiger partial charge in [-0.05, 0) is 18.6 Å². The standard InChI is InChI=1S/C14H14ClNO/c1-10-5-7-11(8-6-10)13(15)12-4-3-9-16-14(12)17-2/h3-9,13H,1-2H3. The predicted octanol–water partition coefficient (Wildman–Crippen LogP) is 3.73. The largest absolute Gasteiger partial charge is 0.481 e. The lowest BCUT2D eigenvalue weighted by Crippen LogP contribution is -1.99. The van der Waals surface area contributed by atoms with E-state index in [0.29, 0.717) is 5.88 Å². The fourth-order valence-corrected chi connectivity index (χ4v) is 1.99. The molecule has 3 heteroatoms. The van der Waals surface area contributed by atoms with Crippen molar-refractivity contribution in [3.8, 4) is 5.88 Å². The average molecular weight is 248 g/mol. The molecule has 2 rings (SSSR count). The van der Waals surface area contributed by atoms with Gasteiger partial charge in [0, 0.05) is 11.8 Å². The van der Waals surface area contributed by atoms with Gasteiger partial charge in [-0.2, -0.15) is 0 Å². The van der Waals surface area contributed by atoms with Crippen LogP contribution in [-0.4, -0.2) is 12.1 Å². The number of halogens is 1. The van der Waals surface area contributed by atoms with Crippen LogP contribution in [0.3, 0.4) is 0 Å². The molecular formula is C14H14ClNO. The number of hydrogen-bond donors (Lipinski definition) is 0. The average Bonchev–Trinajstić information content (AvgIpc) is 2.39. The molecule has 0 fully saturated rings. The van der Waals surface area contributed by atoms with E-state index in [9.17, 15) is 0 Å². The van der Waals surface area contributed by atoms with Gasteiger partial charge in [0.05, 0.1) is 12.5 Å². The van der Waals surface area contributed by atoms with Crippen molar-refractivity contribution in [2.45, 2.75) is 12.3 Å². The van der Waals surface area contributed by atoms with Gasteiger partial charge in [0.25, 0.3) is 0 Å². The van der Waals surface area contributed by atoms with Gasteiger partial charge < -0.3 is 4.74 Å². The fraction of sp³-hybridized carbons (Fsp3) is 0.214. The van der Waals surface area contributed by atoms with Crippen molar-refractivity contribution < 1.29 is 4.74 Å². The Morgan fingerprint density at radius 3 is 2.53 bits per heavy atom. The highest BCUT2D eigenvalue weighted by atomic mass is 35.5. The first-order chi connectivity index (χ1) is 8.22. The predicted molar refractivity (Wildman–Crippen MR) is 69.7 cm³/mol. The second-order valence-electron chi connectivity index (χ2n) is 3.88. The maximum atomic E-state index is 6.45. The first-order valence-electron chi connectivity index (χ1n) is 5.42. The summed E-state index contributed by atoms with van der Waals surface area (Å²) >= 11 is 6.45. The summed E-state index contributed by atoms with van der Waals surface area (Å²) in [6, 6.07) is 11.9. The quantitative estimate of drug-likeness (QED) is 0.771. The monoisotopic (exact) mass is 247 g/mol. The summed E-state index contributed by atoms with van der Waals surface area (Å²) in [6.45, 7) is 2.05. The Bertz CT molecular complexity index is 496. The van der Waals surface area contributed by atoms with Crippen molar-refractivity contribution in [2.75, 3.05) is 7.11 Å². The van der Waals surface area contributed by atoms with Gasteiger partial charge in [0.2, 0.25) is 5.88 Å². The molecular weight excluding hydrogens is 234 g/mol. The topological polar surface area (TPSA) is 22.1 Å². The summed E-state index contributed by atoms with van der Waals surface area (Å²) in [4.78, 5) is 4.15. The molecule has 0 radical (unpaired) electrons. The van der Waals surface area contributed by atoms with Crippen LogP contribution < -0.4 is 4.74 Å². The van der Waals surface area contributed by atoms with Crippen molar-refractivity contribution in [3.05, 3.63) is 59.3 Å². The number of pyridine rings is 1. The van der Waals surface area contributed by atoms with Gasteiger partial charge in [0.15, 0.2) is 0 Å². The van der Waals surface area contributed by atoms with Crippen molar-refractivity contribution >= 4 is 11.6 Å². The maximum absolute atomic E-state index is 6.45. The van der Waals surface area contributed by atoms with E-state index in [4.69, 9.17) is 16.3 Å². The zero-order valence-corrected chi connectivity index (χ0v) is 10.6. The van der Waals surface area contributed by atoms with Crippen molar-refractivity contribution in [1.82, 2.24) is 4.98 Å². The summed E-state index contributed by atoms with van der Waals surface area (Å²) < 4.78 is 5.22. The molecule has 2 nitrogen and oxygen atoms in total. The molecule has 0 amide bonds. The molecule has 17 heavy (non-hydrogen) atoms. The van der Waals surface area contributed by atoms with Crippen LogP contribution in [0.4, 0.5) is 0 Å². The third-order valence-electron chi connectivity index (χ3n) is 2.64.